The van der Waals surface area contributed by atoms with Crippen molar-refractivity contribution < 1.29 is 45.1 Å². The number of amides is 4. The van der Waals surface area contributed by atoms with E-state index in [9.17, 15) is 45.1 Å². The Morgan fingerprint density at radius 3 is 2.07 bits per heavy atom. The predicted octanol–water partition coefficient (Wildman–Crippen LogP) is 5.17. The van der Waals surface area contributed by atoms with Crippen molar-refractivity contribution in [2.45, 2.75) is 24.3 Å². The number of nitrogens with one attached hydrogen (secondary N) is 1. The van der Waals surface area contributed by atoms with Gasteiger partial charge in [0.2, 0.25) is 5.91 Å². The minimum Gasteiger partial charge on any atom is -0.342 e. The Hall–Kier alpha value is -4.69. The number of hydrogen-bond donors (Lipinski definition) is 1. The molecule has 1 aromatic heterocycles. The minimum atomic E-state index is -5.11. The maximum absolute atomic E-state index is 13.7. The summed E-state index contributed by atoms with van der Waals surface area (Å²) in [5.74, 6) is -2.27. The second-order valence-corrected chi connectivity index (χ2v) is 10.1. The summed E-state index contributed by atoms with van der Waals surface area (Å²) in [6, 6.07) is 8.99. The second-order valence-electron chi connectivity index (χ2n) is 10.1. The average Bonchev–Trinajstić information content (AvgIpc) is 3.44. The van der Waals surface area contributed by atoms with Crippen LogP contribution >= 0.6 is 0 Å². The van der Waals surface area contributed by atoms with Gasteiger partial charge in [-0.2, -0.15) is 26.3 Å². The molecular formula is C29H26F7N5O3. The molecular weight excluding hydrogens is 599 g/mol. The van der Waals surface area contributed by atoms with Crippen molar-refractivity contribution in [2.75, 3.05) is 38.6 Å². The number of hydrogen-bond acceptors (Lipinski definition) is 4. The number of alkyl halides is 6. The third-order valence-electron chi connectivity index (χ3n) is 7.28. The number of nitrogens with zero attached hydrogens (tertiary/aromatic N) is 4. The molecule has 1 fully saturated rings. The zero-order chi connectivity index (χ0) is 32.4. The zero-order valence-electron chi connectivity index (χ0n) is 23.3. The number of likely N-dealkylation sites (N-methyl/N-ethyl adjacent to an activating group) is 1. The molecule has 0 saturated carbocycles. The van der Waals surface area contributed by atoms with Crippen molar-refractivity contribution in [1.29, 1.82) is 0 Å². The molecule has 4 amide bonds. The Labute approximate surface area is 247 Å². The first-order valence-electron chi connectivity index (χ1n) is 13.1. The number of rotatable bonds is 6. The van der Waals surface area contributed by atoms with Crippen LogP contribution in [0, 0.1) is 5.82 Å². The molecule has 2 aromatic carbocycles. The number of likely N-dealkylation sites (tertiary alicyclic amines) is 1. The lowest BCUT2D eigenvalue weighted by Gasteiger charge is -2.33. The first kappa shape index (κ1) is 32.2. The highest BCUT2D eigenvalue weighted by Gasteiger charge is 2.42. The van der Waals surface area contributed by atoms with Crippen LogP contribution in [0.2, 0.25) is 0 Å². The largest absolute Gasteiger partial charge is 0.416 e. The molecule has 2 atom stereocenters. The predicted molar refractivity (Wildman–Crippen MR) is 144 cm³/mol. The highest BCUT2D eigenvalue weighted by Crippen LogP contribution is 2.39. The van der Waals surface area contributed by atoms with Gasteiger partial charge in [-0.05, 0) is 48.0 Å². The Balaban J connectivity index is 1.58. The Kier molecular flexibility index (Phi) is 9.16. The van der Waals surface area contributed by atoms with Gasteiger partial charge in [0.15, 0.2) is 0 Å². The van der Waals surface area contributed by atoms with Crippen molar-refractivity contribution in [2.24, 2.45) is 0 Å². The molecule has 0 aliphatic carbocycles. The van der Waals surface area contributed by atoms with Gasteiger partial charge in [-0.25, -0.2) is 9.18 Å². The summed E-state index contributed by atoms with van der Waals surface area (Å²) in [6.45, 7) is -0.481. The van der Waals surface area contributed by atoms with E-state index in [1.807, 2.05) is 0 Å². The second kappa shape index (κ2) is 12.5. The maximum Gasteiger partial charge on any atom is 0.416 e. The summed E-state index contributed by atoms with van der Waals surface area (Å²) >= 11 is 0. The van der Waals surface area contributed by atoms with Gasteiger partial charge >= 0.3 is 18.4 Å². The molecule has 44 heavy (non-hydrogen) atoms. The van der Waals surface area contributed by atoms with Crippen LogP contribution < -0.4 is 10.2 Å². The lowest BCUT2D eigenvalue weighted by atomic mass is 9.93. The Morgan fingerprint density at radius 1 is 0.909 bits per heavy atom. The Bertz CT molecular complexity index is 1480. The number of benzene rings is 2. The molecule has 2 heterocycles. The van der Waals surface area contributed by atoms with Gasteiger partial charge in [0.25, 0.3) is 5.91 Å². The standard InChI is InChI=1S/C29H26F7N5O3/c1-39(21-12-18(28(31,32)33)11-19(13-21)29(34,35)36)27(44)40(2)24-16-41(15-22(24)17-6-8-20(30)9-7-17)25(42)14-38-26(43)23-5-3-4-10-37-23/h3-13,22,24H,14-16H2,1-2H3,(H,38,43). The fourth-order valence-electron chi connectivity index (χ4n) is 4.90. The first-order chi connectivity index (χ1) is 20.6. The topological polar surface area (TPSA) is 85.9 Å². The number of urea groups is 1. The number of carbonyl (C=O) groups is 3. The van der Waals surface area contributed by atoms with E-state index in [2.05, 4.69) is 10.3 Å². The number of anilines is 1. The van der Waals surface area contributed by atoms with E-state index in [0.717, 1.165) is 11.9 Å². The van der Waals surface area contributed by atoms with Crippen LogP contribution in [0.3, 0.4) is 0 Å². The summed E-state index contributed by atoms with van der Waals surface area (Å²) in [4.78, 5) is 45.9. The smallest absolute Gasteiger partial charge is 0.342 e. The summed E-state index contributed by atoms with van der Waals surface area (Å²) in [5, 5.41) is 2.46. The molecule has 15 heteroatoms. The Morgan fingerprint density at radius 2 is 1.52 bits per heavy atom. The van der Waals surface area contributed by atoms with Gasteiger partial charge in [0.1, 0.15) is 11.5 Å². The molecule has 8 nitrogen and oxygen atoms in total. The third kappa shape index (κ3) is 7.26. The quantitative estimate of drug-likeness (QED) is 0.383. The molecule has 0 radical (unpaired) electrons. The van der Waals surface area contributed by atoms with Crippen LogP contribution in [0.25, 0.3) is 0 Å². The van der Waals surface area contributed by atoms with Crippen molar-refractivity contribution in [3.8, 4) is 0 Å². The molecule has 1 saturated heterocycles. The average molecular weight is 626 g/mol. The molecule has 0 bridgehead atoms. The van der Waals surface area contributed by atoms with Gasteiger partial charge < -0.3 is 15.1 Å². The molecule has 234 valence electrons. The van der Waals surface area contributed by atoms with E-state index in [1.165, 1.54) is 48.5 Å². The molecule has 4 rings (SSSR count). The highest BCUT2D eigenvalue weighted by atomic mass is 19.4. The van der Waals surface area contributed by atoms with Gasteiger partial charge in [0, 0.05) is 45.0 Å². The van der Waals surface area contributed by atoms with E-state index >= 15 is 0 Å². The normalized spacial score (nSPS) is 16.9. The molecule has 2 unspecified atom stereocenters. The van der Waals surface area contributed by atoms with Gasteiger partial charge in [-0.15, -0.1) is 0 Å². The fourth-order valence-corrected chi connectivity index (χ4v) is 4.90. The molecule has 0 spiro atoms. The van der Waals surface area contributed by atoms with Crippen molar-refractivity contribution in [3.05, 3.63) is 95.1 Å². The van der Waals surface area contributed by atoms with Crippen LogP contribution in [0.4, 0.5) is 41.2 Å². The SMILES string of the molecule is CN(C(=O)N(C)C1CN(C(=O)CNC(=O)c2ccccn2)CC1c1ccc(F)cc1)c1cc(C(F)(F)F)cc(C(F)(F)F)c1. The van der Waals surface area contributed by atoms with Crippen molar-refractivity contribution >= 4 is 23.5 Å². The minimum absolute atomic E-state index is 0.0255. The van der Waals surface area contributed by atoms with E-state index in [1.54, 1.807) is 12.1 Å². The van der Waals surface area contributed by atoms with Crippen LogP contribution in [-0.4, -0.2) is 72.4 Å². The summed E-state index contributed by atoms with van der Waals surface area (Å²) in [5.41, 5.74) is -3.20. The van der Waals surface area contributed by atoms with Gasteiger partial charge in [-0.3, -0.25) is 19.5 Å². The lowest BCUT2D eigenvalue weighted by Crippen LogP contribution is -2.48. The summed E-state index contributed by atoms with van der Waals surface area (Å²) in [7, 11) is 2.33. The van der Waals surface area contributed by atoms with Gasteiger partial charge in [0.05, 0.1) is 23.7 Å². The number of carbonyl (C=O) groups excluding carboxylic acids is 3. The summed E-state index contributed by atoms with van der Waals surface area (Å²) in [6.07, 6.45) is -8.82. The van der Waals surface area contributed by atoms with Crippen molar-refractivity contribution in [3.63, 3.8) is 0 Å². The van der Waals surface area contributed by atoms with Crippen LogP contribution in [-0.2, 0) is 17.1 Å². The van der Waals surface area contributed by atoms with Crippen molar-refractivity contribution in [1.82, 2.24) is 20.1 Å². The van der Waals surface area contributed by atoms with E-state index in [0.29, 0.717) is 22.6 Å². The van der Waals surface area contributed by atoms with Crippen LogP contribution in [0.5, 0.6) is 0 Å². The maximum atomic E-state index is 13.7. The van der Waals surface area contributed by atoms with E-state index < -0.39 is 71.3 Å². The van der Waals surface area contributed by atoms with Gasteiger partial charge in [-0.1, -0.05) is 18.2 Å². The molecule has 3 aromatic rings. The number of halogens is 7. The monoisotopic (exact) mass is 625 g/mol. The number of aromatic nitrogens is 1. The fraction of sp³-hybridized carbons (Fsp3) is 0.310. The molecule has 1 N–H and O–H groups in total. The van der Waals surface area contributed by atoms with Crippen LogP contribution in [0.15, 0.2) is 66.9 Å². The highest BCUT2D eigenvalue weighted by molar-refractivity contribution is 5.95. The van der Waals surface area contributed by atoms with Crippen LogP contribution in [0.1, 0.15) is 33.1 Å². The van der Waals surface area contributed by atoms with E-state index in [-0.39, 0.29) is 24.8 Å². The summed E-state index contributed by atoms with van der Waals surface area (Å²) < 4.78 is 94.2. The van der Waals surface area contributed by atoms with E-state index in [4.69, 9.17) is 0 Å². The molecule has 1 aliphatic heterocycles. The zero-order valence-corrected chi connectivity index (χ0v) is 23.3. The first-order valence-corrected chi connectivity index (χ1v) is 13.1. The number of pyridine rings is 1. The molecule has 1 aliphatic rings. The lowest BCUT2D eigenvalue weighted by molar-refractivity contribution is -0.143. The third-order valence-corrected chi connectivity index (χ3v) is 7.28.